The lowest BCUT2D eigenvalue weighted by atomic mass is 10.2. The number of rotatable bonds is 4. The smallest absolute Gasteiger partial charge is 0.326 e. The van der Waals surface area contributed by atoms with Gasteiger partial charge in [-0.3, -0.25) is 0 Å². The third-order valence-electron chi connectivity index (χ3n) is 2.91. The van der Waals surface area contributed by atoms with Crippen LogP contribution in [0.1, 0.15) is 19.3 Å². The second-order valence-corrected chi connectivity index (χ2v) is 5.48. The average molecular weight is 244 g/mol. The maximum atomic E-state index is 11.6. The molecule has 0 aromatic carbocycles. The fourth-order valence-corrected chi connectivity index (χ4v) is 2.98. The summed E-state index contributed by atoms with van der Waals surface area (Å²) in [5.74, 6) is 1.18. The zero-order valence-electron chi connectivity index (χ0n) is 8.94. The molecule has 2 unspecified atom stereocenters. The first kappa shape index (κ1) is 11.6. The Kier molecular flexibility index (Phi) is 3.58. The van der Waals surface area contributed by atoms with Gasteiger partial charge in [0.1, 0.15) is 6.04 Å². The Balaban J connectivity index is 1.77. The van der Waals surface area contributed by atoms with E-state index in [2.05, 4.69) is 10.6 Å². The van der Waals surface area contributed by atoms with Crippen molar-refractivity contribution in [1.29, 1.82) is 0 Å². The summed E-state index contributed by atoms with van der Waals surface area (Å²) in [6, 6.07) is -0.862. The standard InChI is InChI=1S/C10H16N2O3S/c13-9(14)8(6-1-2-6)12-10(15)11-7-3-4-16-5-7/h6-8H,1-5H2,(H,13,14)(H2,11,12,15). The number of carbonyl (C=O) groups excluding carboxylic acids is 1. The minimum atomic E-state index is -0.932. The van der Waals surface area contributed by atoms with Gasteiger partial charge in [0, 0.05) is 11.8 Å². The van der Waals surface area contributed by atoms with Crippen LogP contribution in [0.4, 0.5) is 4.79 Å². The third kappa shape index (κ3) is 3.04. The van der Waals surface area contributed by atoms with E-state index in [1.54, 1.807) is 0 Å². The molecule has 2 rings (SSSR count). The van der Waals surface area contributed by atoms with Gasteiger partial charge in [0.25, 0.3) is 0 Å². The summed E-state index contributed by atoms with van der Waals surface area (Å²) in [5.41, 5.74) is 0. The van der Waals surface area contributed by atoms with Gasteiger partial charge in [0.2, 0.25) is 0 Å². The highest BCUT2D eigenvalue weighted by molar-refractivity contribution is 7.99. The van der Waals surface area contributed by atoms with Crippen molar-refractivity contribution < 1.29 is 14.7 Å². The molecular weight excluding hydrogens is 228 g/mol. The largest absolute Gasteiger partial charge is 0.480 e. The zero-order chi connectivity index (χ0) is 11.5. The number of carboxylic acids is 1. The molecule has 1 saturated carbocycles. The van der Waals surface area contributed by atoms with Gasteiger partial charge in [0.05, 0.1) is 0 Å². The zero-order valence-corrected chi connectivity index (χ0v) is 9.76. The summed E-state index contributed by atoms with van der Waals surface area (Å²) >= 11 is 1.81. The van der Waals surface area contributed by atoms with E-state index in [9.17, 15) is 9.59 Å². The number of hydrogen-bond donors (Lipinski definition) is 3. The molecule has 0 spiro atoms. The first-order valence-electron chi connectivity index (χ1n) is 5.54. The molecule has 2 amide bonds. The number of aliphatic carboxylic acids is 1. The normalized spacial score (nSPS) is 26.1. The quantitative estimate of drug-likeness (QED) is 0.678. The van der Waals surface area contributed by atoms with Crippen molar-refractivity contribution in [3.05, 3.63) is 0 Å². The molecule has 2 aliphatic rings. The van der Waals surface area contributed by atoms with Gasteiger partial charge in [-0.15, -0.1) is 0 Å². The van der Waals surface area contributed by atoms with Crippen molar-refractivity contribution >= 4 is 23.8 Å². The Morgan fingerprint density at radius 1 is 1.31 bits per heavy atom. The number of nitrogens with one attached hydrogen (secondary N) is 2. The highest BCUT2D eigenvalue weighted by atomic mass is 32.2. The molecule has 0 radical (unpaired) electrons. The third-order valence-corrected chi connectivity index (χ3v) is 4.07. The van der Waals surface area contributed by atoms with Gasteiger partial charge in [-0.2, -0.15) is 11.8 Å². The van der Waals surface area contributed by atoms with Gasteiger partial charge in [0.15, 0.2) is 0 Å². The molecule has 5 nitrogen and oxygen atoms in total. The number of carbonyl (C=O) groups is 2. The summed E-state index contributed by atoms with van der Waals surface area (Å²) in [6.45, 7) is 0. The first-order chi connectivity index (χ1) is 7.66. The molecule has 1 aliphatic carbocycles. The van der Waals surface area contributed by atoms with Gasteiger partial charge >= 0.3 is 12.0 Å². The molecule has 1 aliphatic heterocycles. The maximum absolute atomic E-state index is 11.6. The Hall–Kier alpha value is -0.910. The Morgan fingerprint density at radius 2 is 2.06 bits per heavy atom. The van der Waals surface area contributed by atoms with E-state index in [0.29, 0.717) is 0 Å². The number of carboxylic acid groups (broad SMARTS) is 1. The van der Waals surface area contributed by atoms with Crippen LogP contribution in [-0.4, -0.2) is 40.7 Å². The summed E-state index contributed by atoms with van der Waals surface area (Å²) in [6.07, 6.45) is 2.77. The highest BCUT2D eigenvalue weighted by Crippen LogP contribution is 2.32. The van der Waals surface area contributed by atoms with Crippen LogP contribution in [0.15, 0.2) is 0 Å². The van der Waals surface area contributed by atoms with E-state index in [-0.39, 0.29) is 18.0 Å². The molecular formula is C10H16N2O3S. The molecule has 0 aromatic heterocycles. The van der Waals surface area contributed by atoms with Crippen LogP contribution in [-0.2, 0) is 4.79 Å². The minimum absolute atomic E-state index is 0.126. The fourth-order valence-electron chi connectivity index (χ4n) is 1.83. The van der Waals surface area contributed by atoms with E-state index in [1.807, 2.05) is 11.8 Å². The van der Waals surface area contributed by atoms with Crippen molar-refractivity contribution in [3.8, 4) is 0 Å². The molecule has 1 saturated heterocycles. The van der Waals surface area contributed by atoms with Crippen LogP contribution in [0.25, 0.3) is 0 Å². The maximum Gasteiger partial charge on any atom is 0.326 e. The Labute approximate surface area is 98.4 Å². The number of thioether (sulfide) groups is 1. The lowest BCUT2D eigenvalue weighted by Gasteiger charge is -2.16. The van der Waals surface area contributed by atoms with Crippen molar-refractivity contribution in [2.24, 2.45) is 5.92 Å². The second kappa shape index (κ2) is 4.95. The van der Waals surface area contributed by atoms with E-state index < -0.39 is 12.0 Å². The molecule has 2 atom stereocenters. The van der Waals surface area contributed by atoms with Crippen molar-refractivity contribution in [2.45, 2.75) is 31.3 Å². The van der Waals surface area contributed by atoms with Gasteiger partial charge in [-0.05, 0) is 30.9 Å². The van der Waals surface area contributed by atoms with Gasteiger partial charge in [-0.1, -0.05) is 0 Å². The lowest BCUT2D eigenvalue weighted by molar-refractivity contribution is -0.139. The van der Waals surface area contributed by atoms with E-state index in [4.69, 9.17) is 5.11 Å². The Bertz CT molecular complexity index is 288. The van der Waals surface area contributed by atoms with Gasteiger partial charge < -0.3 is 15.7 Å². The summed E-state index contributed by atoms with van der Waals surface area (Å²) in [4.78, 5) is 22.5. The van der Waals surface area contributed by atoms with Crippen LogP contribution < -0.4 is 10.6 Å². The molecule has 0 bridgehead atoms. The topological polar surface area (TPSA) is 78.4 Å². The average Bonchev–Trinajstić information content (AvgIpc) is 2.94. The van der Waals surface area contributed by atoms with Crippen molar-refractivity contribution in [2.75, 3.05) is 11.5 Å². The predicted molar refractivity (Wildman–Crippen MR) is 61.5 cm³/mol. The monoisotopic (exact) mass is 244 g/mol. The molecule has 90 valence electrons. The molecule has 6 heteroatoms. The van der Waals surface area contributed by atoms with E-state index in [1.165, 1.54) is 0 Å². The summed E-state index contributed by atoms with van der Waals surface area (Å²) in [5, 5.41) is 14.3. The van der Waals surface area contributed by atoms with Crippen LogP contribution in [0.3, 0.4) is 0 Å². The molecule has 3 N–H and O–H groups in total. The van der Waals surface area contributed by atoms with Crippen LogP contribution >= 0.6 is 11.8 Å². The summed E-state index contributed by atoms with van der Waals surface area (Å²) < 4.78 is 0. The van der Waals surface area contributed by atoms with Crippen molar-refractivity contribution in [1.82, 2.24) is 10.6 Å². The van der Waals surface area contributed by atoms with Crippen LogP contribution in [0, 0.1) is 5.92 Å². The number of amides is 2. The summed E-state index contributed by atoms with van der Waals surface area (Å²) in [7, 11) is 0. The van der Waals surface area contributed by atoms with E-state index >= 15 is 0 Å². The van der Waals surface area contributed by atoms with Crippen LogP contribution in [0.5, 0.6) is 0 Å². The lowest BCUT2D eigenvalue weighted by Crippen LogP contribution is -2.50. The first-order valence-corrected chi connectivity index (χ1v) is 6.70. The van der Waals surface area contributed by atoms with Crippen LogP contribution in [0.2, 0.25) is 0 Å². The number of hydrogen-bond acceptors (Lipinski definition) is 3. The van der Waals surface area contributed by atoms with Crippen molar-refractivity contribution in [3.63, 3.8) is 0 Å². The number of urea groups is 1. The minimum Gasteiger partial charge on any atom is -0.480 e. The fraction of sp³-hybridized carbons (Fsp3) is 0.800. The molecule has 1 heterocycles. The van der Waals surface area contributed by atoms with E-state index in [0.717, 1.165) is 30.8 Å². The predicted octanol–water partition coefficient (Wildman–Crippen LogP) is 0.654. The second-order valence-electron chi connectivity index (χ2n) is 4.33. The molecule has 0 aromatic rings. The highest BCUT2D eigenvalue weighted by Gasteiger charge is 2.37. The molecule has 2 fully saturated rings. The molecule has 16 heavy (non-hydrogen) atoms. The van der Waals surface area contributed by atoms with Gasteiger partial charge in [-0.25, -0.2) is 9.59 Å². The SMILES string of the molecule is O=C(NC1CCSC1)NC(C(=O)O)C1CC1. The Morgan fingerprint density at radius 3 is 2.56 bits per heavy atom.